The molecule has 60 valence electrons. The monoisotopic (exact) mass is 191 g/mol. The molecule has 1 aliphatic heterocycles. The fourth-order valence-electron chi connectivity index (χ4n) is 1.58. The first-order valence-electron chi connectivity index (χ1n) is 3.81. The van der Waals surface area contributed by atoms with Crippen LogP contribution in [0.3, 0.4) is 0 Å². The van der Waals surface area contributed by atoms with Crippen molar-refractivity contribution in [3.05, 3.63) is 0 Å². The van der Waals surface area contributed by atoms with Crippen molar-refractivity contribution in [3.63, 3.8) is 0 Å². The zero-order chi connectivity index (χ0) is 7.78. The normalized spacial score (nSPS) is 39.6. The fourth-order valence-corrected chi connectivity index (χ4v) is 16.5. The van der Waals surface area contributed by atoms with Gasteiger partial charge < -0.3 is 13.9 Å². The summed E-state index contributed by atoms with van der Waals surface area (Å²) in [5, 5.41) is 0. The van der Waals surface area contributed by atoms with E-state index in [1.807, 2.05) is 0 Å². The maximum atomic E-state index is 3.68. The lowest BCUT2D eigenvalue weighted by atomic mass is 11.9. The Labute approximate surface area is 67.3 Å². The summed E-state index contributed by atoms with van der Waals surface area (Å²) in [6.07, 6.45) is 0. The highest BCUT2D eigenvalue weighted by Gasteiger charge is 2.31. The molecule has 6 heteroatoms. The first-order chi connectivity index (χ1) is 4.49. The molecule has 0 saturated carbocycles. The van der Waals surface area contributed by atoms with Crippen LogP contribution in [0.25, 0.3) is 0 Å². The Balaban J connectivity index is 2.51. The van der Waals surface area contributed by atoms with Crippen LogP contribution in [0.2, 0.25) is 26.2 Å². The van der Waals surface area contributed by atoms with Crippen LogP contribution in [-0.4, -0.2) is 26.6 Å². The zero-order valence-electron chi connectivity index (χ0n) is 7.15. The van der Waals surface area contributed by atoms with Crippen molar-refractivity contribution in [3.8, 4) is 0 Å². The average molecular weight is 191 g/mol. The van der Waals surface area contributed by atoms with Crippen LogP contribution in [0, 0.1) is 0 Å². The Morgan fingerprint density at radius 3 is 1.70 bits per heavy atom. The average Bonchev–Trinajstić information content (AvgIpc) is 1.54. The van der Waals surface area contributed by atoms with Gasteiger partial charge in [-0.15, -0.1) is 0 Å². The SMILES string of the molecule is C[SiH]1N[SiH](C)N[Si](C)(C)N1. The van der Waals surface area contributed by atoms with E-state index >= 15 is 0 Å². The van der Waals surface area contributed by atoms with Crippen molar-refractivity contribution < 1.29 is 0 Å². The van der Waals surface area contributed by atoms with Gasteiger partial charge in [-0.05, 0) is 26.2 Å². The van der Waals surface area contributed by atoms with Crippen molar-refractivity contribution in [1.82, 2.24) is 13.9 Å². The minimum absolute atomic E-state index is 0.716. The Hall–Kier alpha value is 0.531. The molecule has 10 heavy (non-hydrogen) atoms. The predicted octanol–water partition coefficient (Wildman–Crippen LogP) is -0.829. The Kier molecular flexibility index (Phi) is 2.48. The summed E-state index contributed by atoms with van der Waals surface area (Å²) in [4.78, 5) is 0. The van der Waals surface area contributed by atoms with Gasteiger partial charge in [0.05, 0.1) is 0 Å². The molecule has 2 unspecified atom stereocenters. The van der Waals surface area contributed by atoms with Gasteiger partial charge in [-0.2, -0.15) is 0 Å². The largest absolute Gasteiger partial charge is 0.341 e. The van der Waals surface area contributed by atoms with Gasteiger partial charge in [-0.25, -0.2) is 0 Å². The van der Waals surface area contributed by atoms with Crippen molar-refractivity contribution in [2.24, 2.45) is 0 Å². The molecule has 0 aliphatic carbocycles. The molecule has 0 aromatic carbocycles. The molecule has 0 amide bonds. The summed E-state index contributed by atoms with van der Waals surface area (Å²) < 4.78 is 11.0. The predicted molar refractivity (Wildman–Crippen MR) is 52.9 cm³/mol. The highest BCUT2D eigenvalue weighted by Crippen LogP contribution is 1.96. The summed E-state index contributed by atoms with van der Waals surface area (Å²) in [5.41, 5.74) is 0. The van der Waals surface area contributed by atoms with Crippen LogP contribution in [-0.2, 0) is 0 Å². The van der Waals surface area contributed by atoms with E-state index in [2.05, 4.69) is 40.1 Å². The van der Waals surface area contributed by atoms with Crippen LogP contribution >= 0.6 is 0 Å². The van der Waals surface area contributed by atoms with Gasteiger partial charge in [-0.3, -0.25) is 0 Å². The molecule has 2 atom stereocenters. The standard InChI is InChI=1S/C4H17N3Si3/c1-8-5-9(2)7-10(3,4)6-8/h5-9H,1-4H3. The molecule has 0 radical (unpaired) electrons. The molecule has 0 spiro atoms. The van der Waals surface area contributed by atoms with Gasteiger partial charge in [0.25, 0.3) is 0 Å². The van der Waals surface area contributed by atoms with Gasteiger partial charge in [0.2, 0.25) is 0 Å². The van der Waals surface area contributed by atoms with Crippen LogP contribution in [0.1, 0.15) is 0 Å². The second-order valence-corrected chi connectivity index (χ2v) is 13.3. The van der Waals surface area contributed by atoms with Gasteiger partial charge >= 0.3 is 0 Å². The second-order valence-electron chi connectivity index (χ2n) is 3.52. The van der Waals surface area contributed by atoms with E-state index < -0.39 is 26.6 Å². The maximum Gasteiger partial charge on any atom is 0.183 e. The highest BCUT2D eigenvalue weighted by atomic mass is 28.5. The third kappa shape index (κ3) is 2.29. The smallest absolute Gasteiger partial charge is 0.183 e. The van der Waals surface area contributed by atoms with E-state index in [9.17, 15) is 0 Å². The first kappa shape index (κ1) is 8.63. The topological polar surface area (TPSA) is 36.1 Å². The van der Waals surface area contributed by atoms with E-state index in [-0.39, 0.29) is 0 Å². The quantitative estimate of drug-likeness (QED) is 0.438. The minimum Gasteiger partial charge on any atom is -0.341 e. The van der Waals surface area contributed by atoms with Crippen molar-refractivity contribution in [2.75, 3.05) is 0 Å². The van der Waals surface area contributed by atoms with Crippen molar-refractivity contribution in [1.29, 1.82) is 0 Å². The van der Waals surface area contributed by atoms with Gasteiger partial charge in [0.1, 0.15) is 0 Å². The second kappa shape index (κ2) is 2.88. The van der Waals surface area contributed by atoms with Crippen LogP contribution in [0.15, 0.2) is 0 Å². The lowest BCUT2D eigenvalue weighted by Crippen LogP contribution is -2.78. The lowest BCUT2D eigenvalue weighted by Gasteiger charge is -2.38. The first-order valence-corrected chi connectivity index (χ1v) is 11.4. The molecule has 0 bridgehead atoms. The molecule has 1 aliphatic rings. The van der Waals surface area contributed by atoms with E-state index in [4.69, 9.17) is 0 Å². The summed E-state index contributed by atoms with van der Waals surface area (Å²) >= 11 is 0. The van der Waals surface area contributed by atoms with Crippen molar-refractivity contribution >= 4 is 26.6 Å². The molecule has 0 aromatic rings. The summed E-state index contributed by atoms with van der Waals surface area (Å²) in [7, 11) is -2.59. The maximum absolute atomic E-state index is 3.68. The number of hydrogen-bond donors (Lipinski definition) is 3. The molecule has 3 N–H and O–H groups in total. The fraction of sp³-hybridized carbons (Fsp3) is 1.00. The highest BCUT2D eigenvalue weighted by molar-refractivity contribution is 6.94. The van der Waals surface area contributed by atoms with E-state index in [0.717, 1.165) is 0 Å². The van der Waals surface area contributed by atoms with Gasteiger partial charge in [0, 0.05) is 0 Å². The third-order valence-corrected chi connectivity index (χ3v) is 14.9. The van der Waals surface area contributed by atoms with E-state index in [0.29, 0.717) is 0 Å². The Bertz CT molecular complexity index is 117. The lowest BCUT2D eigenvalue weighted by molar-refractivity contribution is 1.11. The summed E-state index contributed by atoms with van der Waals surface area (Å²) in [6, 6.07) is 0. The molecule has 1 saturated heterocycles. The summed E-state index contributed by atoms with van der Waals surface area (Å²) in [5.74, 6) is 0. The number of hydrogen-bond acceptors (Lipinski definition) is 3. The number of nitrogens with one attached hydrogen (secondary N) is 3. The molecule has 3 nitrogen and oxygen atoms in total. The molecule has 1 heterocycles. The minimum atomic E-state index is -1.16. The Morgan fingerprint density at radius 1 is 1.00 bits per heavy atom. The molecule has 1 rings (SSSR count). The van der Waals surface area contributed by atoms with Crippen molar-refractivity contribution in [2.45, 2.75) is 26.2 Å². The molecular weight excluding hydrogens is 174 g/mol. The van der Waals surface area contributed by atoms with Gasteiger partial charge in [-0.1, -0.05) is 0 Å². The summed E-state index contributed by atoms with van der Waals surface area (Å²) in [6.45, 7) is 9.36. The van der Waals surface area contributed by atoms with E-state index in [1.54, 1.807) is 0 Å². The number of rotatable bonds is 0. The molecule has 1 fully saturated rings. The van der Waals surface area contributed by atoms with E-state index in [1.165, 1.54) is 0 Å². The van der Waals surface area contributed by atoms with Crippen LogP contribution in [0.4, 0.5) is 0 Å². The zero-order valence-corrected chi connectivity index (χ0v) is 10.5. The van der Waals surface area contributed by atoms with Crippen LogP contribution in [0.5, 0.6) is 0 Å². The molecular formula is C4H17N3Si3. The van der Waals surface area contributed by atoms with Gasteiger partial charge in [0.15, 0.2) is 26.6 Å². The molecule has 0 aromatic heterocycles. The van der Waals surface area contributed by atoms with Crippen LogP contribution < -0.4 is 13.9 Å². The third-order valence-electron chi connectivity index (χ3n) is 1.65. The Morgan fingerprint density at radius 2 is 1.40 bits per heavy atom.